The molecule has 0 saturated carbocycles. The lowest BCUT2D eigenvalue weighted by atomic mass is 10.0. The Balaban J connectivity index is 2.09. The van der Waals surface area contributed by atoms with E-state index < -0.39 is 0 Å². The summed E-state index contributed by atoms with van der Waals surface area (Å²) in [6.45, 7) is 6.56. The fourth-order valence-corrected chi connectivity index (χ4v) is 1.83. The van der Waals surface area contributed by atoms with Crippen LogP contribution in [0.15, 0.2) is 0 Å². The summed E-state index contributed by atoms with van der Waals surface area (Å²) in [7, 11) is 0. The van der Waals surface area contributed by atoms with Gasteiger partial charge in [-0.2, -0.15) is 0 Å². The van der Waals surface area contributed by atoms with Gasteiger partial charge in [0.1, 0.15) is 5.78 Å². The van der Waals surface area contributed by atoms with Crippen LogP contribution < -0.4 is 0 Å². The van der Waals surface area contributed by atoms with Crippen LogP contribution in [0.2, 0.25) is 0 Å². The molecule has 0 aromatic heterocycles. The molecule has 1 fully saturated rings. The number of ether oxygens (including phenoxy) is 1. The maximum Gasteiger partial charge on any atom is 0.222 e. The highest BCUT2D eigenvalue weighted by Crippen LogP contribution is 2.08. The molecule has 17 heavy (non-hydrogen) atoms. The summed E-state index contributed by atoms with van der Waals surface area (Å²) in [6.07, 6.45) is 2.81. The SMILES string of the molecule is CC(C)C(=O)CCCCC(=O)N1CCOCC1. The first-order valence-corrected chi connectivity index (χ1v) is 6.49. The minimum absolute atomic E-state index is 0.116. The van der Waals surface area contributed by atoms with Crippen molar-refractivity contribution in [2.24, 2.45) is 5.92 Å². The molecule has 4 nitrogen and oxygen atoms in total. The minimum atomic E-state index is 0.116. The van der Waals surface area contributed by atoms with Gasteiger partial charge < -0.3 is 9.64 Å². The Kier molecular flexibility index (Phi) is 6.19. The number of carbonyl (C=O) groups is 2. The summed E-state index contributed by atoms with van der Waals surface area (Å²) < 4.78 is 5.19. The predicted molar refractivity (Wildman–Crippen MR) is 65.7 cm³/mol. The summed E-state index contributed by atoms with van der Waals surface area (Å²) in [5.74, 6) is 0.610. The summed E-state index contributed by atoms with van der Waals surface area (Å²) in [6, 6.07) is 0. The predicted octanol–water partition coefficient (Wildman–Crippen LogP) is 1.63. The molecule has 1 heterocycles. The van der Waals surface area contributed by atoms with Crippen LogP contribution in [0.4, 0.5) is 0 Å². The molecular weight excluding hydrogens is 218 g/mol. The summed E-state index contributed by atoms with van der Waals surface area (Å²) in [5.41, 5.74) is 0. The zero-order chi connectivity index (χ0) is 12.7. The average Bonchev–Trinajstić information content (AvgIpc) is 2.35. The largest absolute Gasteiger partial charge is 0.378 e. The van der Waals surface area contributed by atoms with Crippen molar-refractivity contribution in [3.8, 4) is 0 Å². The van der Waals surface area contributed by atoms with Crippen LogP contribution >= 0.6 is 0 Å². The fraction of sp³-hybridized carbons (Fsp3) is 0.846. The lowest BCUT2D eigenvalue weighted by Gasteiger charge is -2.26. The van der Waals surface area contributed by atoms with Crippen LogP contribution in [0.5, 0.6) is 0 Å². The van der Waals surface area contributed by atoms with E-state index in [0.717, 1.165) is 12.8 Å². The van der Waals surface area contributed by atoms with Crippen LogP contribution in [0.25, 0.3) is 0 Å². The number of carbonyl (C=O) groups excluding carboxylic acids is 2. The summed E-state index contributed by atoms with van der Waals surface area (Å²) in [5, 5.41) is 0. The number of hydrogen-bond donors (Lipinski definition) is 0. The number of morpholine rings is 1. The van der Waals surface area contributed by atoms with Crippen molar-refractivity contribution in [1.29, 1.82) is 0 Å². The van der Waals surface area contributed by atoms with Gasteiger partial charge in [-0.25, -0.2) is 0 Å². The van der Waals surface area contributed by atoms with Gasteiger partial charge >= 0.3 is 0 Å². The Morgan fingerprint density at radius 1 is 1.12 bits per heavy atom. The highest BCUT2D eigenvalue weighted by Gasteiger charge is 2.16. The number of Topliss-reactive ketones (excluding diaryl/α,β-unsaturated/α-hetero) is 1. The third kappa shape index (κ3) is 5.31. The van der Waals surface area contributed by atoms with Gasteiger partial charge in [-0.15, -0.1) is 0 Å². The monoisotopic (exact) mass is 241 g/mol. The Hall–Kier alpha value is -0.900. The van der Waals surface area contributed by atoms with E-state index in [9.17, 15) is 9.59 Å². The van der Waals surface area contributed by atoms with Crippen molar-refractivity contribution in [2.75, 3.05) is 26.3 Å². The Labute approximate surface area is 103 Å². The Morgan fingerprint density at radius 2 is 1.71 bits per heavy atom. The van der Waals surface area contributed by atoms with Crippen molar-refractivity contribution in [2.45, 2.75) is 39.5 Å². The second kappa shape index (κ2) is 7.43. The van der Waals surface area contributed by atoms with Crippen LogP contribution in [-0.4, -0.2) is 42.9 Å². The van der Waals surface area contributed by atoms with Gasteiger partial charge in [0.05, 0.1) is 13.2 Å². The molecule has 0 N–H and O–H groups in total. The van der Waals surface area contributed by atoms with Gasteiger partial charge in [0, 0.05) is 31.8 Å². The van der Waals surface area contributed by atoms with Crippen molar-refractivity contribution in [3.05, 3.63) is 0 Å². The molecule has 0 atom stereocenters. The van der Waals surface area contributed by atoms with E-state index in [1.165, 1.54) is 0 Å². The van der Waals surface area contributed by atoms with Crippen LogP contribution in [0.3, 0.4) is 0 Å². The second-order valence-corrected chi connectivity index (χ2v) is 4.82. The first kappa shape index (κ1) is 14.2. The van der Waals surface area contributed by atoms with Gasteiger partial charge in [0.15, 0.2) is 0 Å². The van der Waals surface area contributed by atoms with Gasteiger partial charge in [-0.1, -0.05) is 13.8 Å². The van der Waals surface area contributed by atoms with Crippen LogP contribution in [0.1, 0.15) is 39.5 Å². The molecule has 0 aliphatic carbocycles. The molecule has 98 valence electrons. The normalized spacial score (nSPS) is 16.3. The van der Waals surface area contributed by atoms with E-state index in [1.54, 1.807) is 0 Å². The molecule has 0 aromatic rings. The molecule has 1 saturated heterocycles. The van der Waals surface area contributed by atoms with Crippen molar-refractivity contribution in [1.82, 2.24) is 4.90 Å². The van der Waals surface area contributed by atoms with Gasteiger partial charge in [0.25, 0.3) is 0 Å². The first-order valence-electron chi connectivity index (χ1n) is 6.49. The quantitative estimate of drug-likeness (QED) is 0.664. The van der Waals surface area contributed by atoms with Crippen LogP contribution in [-0.2, 0) is 14.3 Å². The van der Waals surface area contributed by atoms with Crippen molar-refractivity contribution < 1.29 is 14.3 Å². The van der Waals surface area contributed by atoms with Gasteiger partial charge in [0.2, 0.25) is 5.91 Å². The third-order valence-corrected chi connectivity index (χ3v) is 3.07. The number of amides is 1. The van der Waals surface area contributed by atoms with E-state index >= 15 is 0 Å². The molecule has 1 amide bonds. The molecule has 1 rings (SSSR count). The van der Waals surface area contributed by atoms with Crippen molar-refractivity contribution in [3.63, 3.8) is 0 Å². The standard InChI is InChI=1S/C13H23NO3/c1-11(2)12(15)5-3-4-6-13(16)14-7-9-17-10-8-14/h11H,3-10H2,1-2H3. The van der Waals surface area contributed by atoms with E-state index in [4.69, 9.17) is 4.74 Å². The van der Waals surface area contributed by atoms with Gasteiger partial charge in [-0.05, 0) is 12.8 Å². The number of rotatable bonds is 6. The molecule has 0 spiro atoms. The highest BCUT2D eigenvalue weighted by molar-refractivity contribution is 5.80. The molecule has 4 heteroatoms. The highest BCUT2D eigenvalue weighted by atomic mass is 16.5. The number of unbranched alkanes of at least 4 members (excludes halogenated alkanes) is 1. The average molecular weight is 241 g/mol. The molecular formula is C13H23NO3. The molecule has 0 radical (unpaired) electrons. The first-order chi connectivity index (χ1) is 8.11. The lowest BCUT2D eigenvalue weighted by Crippen LogP contribution is -2.40. The van der Waals surface area contributed by atoms with Crippen molar-refractivity contribution >= 4 is 11.7 Å². The zero-order valence-corrected chi connectivity index (χ0v) is 10.9. The summed E-state index contributed by atoms with van der Waals surface area (Å²) >= 11 is 0. The Morgan fingerprint density at radius 3 is 2.29 bits per heavy atom. The Bertz CT molecular complexity index is 257. The number of ketones is 1. The second-order valence-electron chi connectivity index (χ2n) is 4.82. The topological polar surface area (TPSA) is 46.6 Å². The van der Waals surface area contributed by atoms with E-state index in [2.05, 4.69) is 0 Å². The maximum atomic E-state index is 11.8. The summed E-state index contributed by atoms with van der Waals surface area (Å²) in [4.78, 5) is 25.0. The molecule has 0 bridgehead atoms. The number of hydrogen-bond acceptors (Lipinski definition) is 3. The lowest BCUT2D eigenvalue weighted by molar-refractivity contribution is -0.135. The fourth-order valence-electron chi connectivity index (χ4n) is 1.83. The number of nitrogens with zero attached hydrogens (tertiary/aromatic N) is 1. The molecule has 1 aliphatic heterocycles. The molecule has 1 aliphatic rings. The smallest absolute Gasteiger partial charge is 0.222 e. The minimum Gasteiger partial charge on any atom is -0.378 e. The van der Waals surface area contributed by atoms with E-state index in [1.807, 2.05) is 18.7 Å². The molecule has 0 aromatic carbocycles. The molecule has 0 unspecified atom stereocenters. The third-order valence-electron chi connectivity index (χ3n) is 3.07. The van der Waals surface area contributed by atoms with E-state index in [0.29, 0.717) is 44.9 Å². The van der Waals surface area contributed by atoms with Crippen LogP contribution in [0, 0.1) is 5.92 Å². The van der Waals surface area contributed by atoms with Gasteiger partial charge in [-0.3, -0.25) is 9.59 Å². The maximum absolute atomic E-state index is 11.8. The van der Waals surface area contributed by atoms with E-state index in [-0.39, 0.29) is 11.8 Å². The zero-order valence-electron chi connectivity index (χ0n) is 10.9.